The van der Waals surface area contributed by atoms with Crippen molar-refractivity contribution in [3.05, 3.63) is 43.0 Å². The molecule has 0 radical (unpaired) electrons. The highest BCUT2D eigenvalue weighted by Gasteiger charge is 2.01. The standard InChI is InChI=1S/C9H10N2O2S/c1-2-8-11(10-14(12)13)9-6-4-3-5-7-9/h2-7H,1,8H2. The van der Waals surface area contributed by atoms with Gasteiger partial charge in [-0.1, -0.05) is 28.7 Å². The van der Waals surface area contributed by atoms with Gasteiger partial charge in [-0.05, 0) is 12.1 Å². The van der Waals surface area contributed by atoms with Gasteiger partial charge in [0.25, 0.3) is 0 Å². The van der Waals surface area contributed by atoms with E-state index in [-0.39, 0.29) is 0 Å². The highest BCUT2D eigenvalue weighted by atomic mass is 32.2. The van der Waals surface area contributed by atoms with E-state index in [1.165, 1.54) is 5.01 Å². The first kappa shape index (κ1) is 10.5. The van der Waals surface area contributed by atoms with Gasteiger partial charge in [-0.2, -0.15) is 8.42 Å². The van der Waals surface area contributed by atoms with Crippen LogP contribution in [0.1, 0.15) is 0 Å². The Labute approximate surface area is 84.2 Å². The van der Waals surface area contributed by atoms with Crippen LogP contribution in [-0.2, 0) is 10.5 Å². The van der Waals surface area contributed by atoms with Gasteiger partial charge in [-0.15, -0.1) is 6.58 Å². The van der Waals surface area contributed by atoms with E-state index in [0.717, 1.165) is 5.69 Å². The van der Waals surface area contributed by atoms with Crippen LogP contribution in [0.3, 0.4) is 0 Å². The van der Waals surface area contributed by atoms with Crippen molar-refractivity contribution in [3.8, 4) is 0 Å². The zero-order chi connectivity index (χ0) is 10.4. The van der Waals surface area contributed by atoms with Crippen LogP contribution in [0.5, 0.6) is 0 Å². The van der Waals surface area contributed by atoms with Crippen LogP contribution in [0.15, 0.2) is 47.5 Å². The maximum Gasteiger partial charge on any atom is 0.333 e. The highest BCUT2D eigenvalue weighted by Crippen LogP contribution is 2.12. The first-order chi connectivity index (χ1) is 6.74. The lowest BCUT2D eigenvalue weighted by Gasteiger charge is -2.13. The van der Waals surface area contributed by atoms with Gasteiger partial charge in [0.05, 0.1) is 12.2 Å². The molecule has 1 rings (SSSR count). The molecule has 0 fully saturated rings. The molecule has 0 aliphatic carbocycles. The summed E-state index contributed by atoms with van der Waals surface area (Å²) in [5.41, 5.74) is 0.719. The summed E-state index contributed by atoms with van der Waals surface area (Å²) >= 11 is 0. The first-order valence-electron chi connectivity index (χ1n) is 3.98. The minimum Gasteiger partial charge on any atom is -0.247 e. The third-order valence-electron chi connectivity index (χ3n) is 1.52. The van der Waals surface area contributed by atoms with Crippen molar-refractivity contribution in [2.24, 2.45) is 4.47 Å². The molecular formula is C9H10N2O2S. The average Bonchev–Trinajstić information content (AvgIpc) is 2.18. The van der Waals surface area contributed by atoms with E-state index in [4.69, 9.17) is 0 Å². The molecule has 1 aromatic carbocycles. The molecule has 0 N–H and O–H groups in total. The van der Waals surface area contributed by atoms with E-state index in [2.05, 4.69) is 11.1 Å². The summed E-state index contributed by atoms with van der Waals surface area (Å²) in [5.74, 6) is 0. The van der Waals surface area contributed by atoms with Gasteiger partial charge in [-0.25, -0.2) is 5.01 Å². The predicted octanol–water partition coefficient (Wildman–Crippen LogP) is 1.66. The molecule has 1 aromatic rings. The molecule has 0 bridgehead atoms. The second-order valence-electron chi connectivity index (χ2n) is 2.51. The number of anilines is 1. The molecule has 0 aliphatic heterocycles. The molecule has 0 aliphatic rings. The Kier molecular flexibility index (Phi) is 3.87. The molecule has 0 unspecified atom stereocenters. The third-order valence-corrected chi connectivity index (χ3v) is 1.85. The molecule has 0 saturated carbocycles. The summed E-state index contributed by atoms with van der Waals surface area (Å²) in [6.45, 7) is 3.89. The average molecular weight is 210 g/mol. The molecule has 0 saturated heterocycles. The fourth-order valence-electron chi connectivity index (χ4n) is 0.989. The maximum atomic E-state index is 10.4. The SMILES string of the molecule is C=CCN(N=S(=O)=O)c1ccccc1. The van der Waals surface area contributed by atoms with E-state index in [9.17, 15) is 8.42 Å². The van der Waals surface area contributed by atoms with E-state index in [0.29, 0.717) is 6.54 Å². The Morgan fingerprint density at radius 3 is 2.50 bits per heavy atom. The minimum atomic E-state index is -2.44. The molecule has 0 amide bonds. The zero-order valence-electron chi connectivity index (χ0n) is 7.50. The van der Waals surface area contributed by atoms with Crippen molar-refractivity contribution >= 4 is 16.2 Å². The summed E-state index contributed by atoms with van der Waals surface area (Å²) in [6.07, 6.45) is 1.59. The summed E-state index contributed by atoms with van der Waals surface area (Å²) in [6, 6.07) is 9.03. The molecule has 4 nitrogen and oxygen atoms in total. The van der Waals surface area contributed by atoms with Gasteiger partial charge < -0.3 is 0 Å². The summed E-state index contributed by atoms with van der Waals surface area (Å²) in [7, 11) is -2.44. The van der Waals surface area contributed by atoms with Crippen LogP contribution >= 0.6 is 0 Å². The lowest BCUT2D eigenvalue weighted by atomic mass is 10.3. The lowest BCUT2D eigenvalue weighted by Crippen LogP contribution is -2.15. The number of hydrogen-bond acceptors (Lipinski definition) is 3. The van der Waals surface area contributed by atoms with Crippen molar-refractivity contribution < 1.29 is 8.42 Å². The Morgan fingerprint density at radius 1 is 1.36 bits per heavy atom. The van der Waals surface area contributed by atoms with E-state index in [1.807, 2.05) is 18.2 Å². The number of rotatable bonds is 4. The van der Waals surface area contributed by atoms with E-state index < -0.39 is 10.5 Å². The van der Waals surface area contributed by atoms with Crippen molar-refractivity contribution in [1.29, 1.82) is 0 Å². The molecule has 0 heterocycles. The van der Waals surface area contributed by atoms with Gasteiger partial charge in [0.1, 0.15) is 0 Å². The van der Waals surface area contributed by atoms with E-state index >= 15 is 0 Å². The molecular weight excluding hydrogens is 200 g/mol. The first-order valence-corrected chi connectivity index (χ1v) is 5.01. The molecule has 0 aromatic heterocycles. The molecule has 14 heavy (non-hydrogen) atoms. The van der Waals surface area contributed by atoms with Gasteiger partial charge in [0.2, 0.25) is 0 Å². The minimum absolute atomic E-state index is 0.359. The summed E-state index contributed by atoms with van der Waals surface area (Å²) in [5, 5.41) is 1.36. The van der Waals surface area contributed by atoms with Crippen molar-refractivity contribution in [1.82, 2.24) is 0 Å². The van der Waals surface area contributed by atoms with Crippen molar-refractivity contribution in [3.63, 3.8) is 0 Å². The number of nitrogens with zero attached hydrogens (tertiary/aromatic N) is 2. The second kappa shape index (κ2) is 5.18. The highest BCUT2D eigenvalue weighted by molar-refractivity contribution is 7.61. The smallest absolute Gasteiger partial charge is 0.247 e. The van der Waals surface area contributed by atoms with Gasteiger partial charge in [0, 0.05) is 0 Å². The quantitative estimate of drug-likeness (QED) is 0.561. The third kappa shape index (κ3) is 3.02. The van der Waals surface area contributed by atoms with Gasteiger partial charge in [-0.3, -0.25) is 0 Å². The van der Waals surface area contributed by atoms with Gasteiger partial charge >= 0.3 is 10.5 Å². The molecule has 5 heteroatoms. The van der Waals surface area contributed by atoms with Crippen LogP contribution in [0, 0.1) is 0 Å². The van der Waals surface area contributed by atoms with E-state index in [1.54, 1.807) is 18.2 Å². The van der Waals surface area contributed by atoms with Crippen LogP contribution in [0.4, 0.5) is 5.69 Å². The number of benzene rings is 1. The lowest BCUT2D eigenvalue weighted by molar-refractivity contribution is 0.619. The molecule has 74 valence electrons. The van der Waals surface area contributed by atoms with Crippen molar-refractivity contribution in [2.75, 3.05) is 11.6 Å². The van der Waals surface area contributed by atoms with Gasteiger partial charge in [0.15, 0.2) is 0 Å². The monoisotopic (exact) mass is 210 g/mol. The fraction of sp³-hybridized carbons (Fsp3) is 0.111. The predicted molar refractivity (Wildman–Crippen MR) is 55.3 cm³/mol. The zero-order valence-corrected chi connectivity index (χ0v) is 8.31. The Hall–Kier alpha value is -1.62. The largest absolute Gasteiger partial charge is 0.333 e. The number of para-hydroxylation sites is 1. The van der Waals surface area contributed by atoms with Crippen LogP contribution in [0.2, 0.25) is 0 Å². The Morgan fingerprint density at radius 2 is 2.00 bits per heavy atom. The maximum absolute atomic E-state index is 10.4. The topological polar surface area (TPSA) is 49.7 Å². The molecule has 0 atom stereocenters. The van der Waals surface area contributed by atoms with Crippen LogP contribution in [-0.4, -0.2) is 15.0 Å². The normalized spacial score (nSPS) is 9.14. The summed E-state index contributed by atoms with van der Waals surface area (Å²) in [4.78, 5) is 0. The Balaban J connectivity index is 3.00. The summed E-state index contributed by atoms with van der Waals surface area (Å²) < 4.78 is 24.2. The number of hydrogen-bond donors (Lipinski definition) is 0. The van der Waals surface area contributed by atoms with Crippen LogP contribution < -0.4 is 5.01 Å². The Bertz CT molecular complexity index is 417. The molecule has 0 spiro atoms. The van der Waals surface area contributed by atoms with Crippen molar-refractivity contribution in [2.45, 2.75) is 0 Å². The second-order valence-corrected chi connectivity index (χ2v) is 3.10. The van der Waals surface area contributed by atoms with Crippen LogP contribution in [0.25, 0.3) is 0 Å². The fourth-order valence-corrected chi connectivity index (χ4v) is 1.31.